The maximum absolute atomic E-state index is 12.9. The third-order valence-electron chi connectivity index (χ3n) is 4.74. The van der Waals surface area contributed by atoms with Crippen LogP contribution in [-0.4, -0.2) is 29.9 Å². The van der Waals surface area contributed by atoms with Gasteiger partial charge < -0.3 is 15.4 Å². The molecule has 1 unspecified atom stereocenters. The molecule has 156 valence electrons. The van der Waals surface area contributed by atoms with Crippen molar-refractivity contribution >= 4 is 28.3 Å². The van der Waals surface area contributed by atoms with Crippen molar-refractivity contribution in [2.75, 3.05) is 12.4 Å². The molecular formula is C23H25N3O3S. The van der Waals surface area contributed by atoms with Crippen LogP contribution in [0, 0.1) is 12.8 Å². The molecule has 0 bridgehead atoms. The highest BCUT2D eigenvalue weighted by atomic mass is 32.1. The summed E-state index contributed by atoms with van der Waals surface area (Å²) >= 11 is 1.36. The average molecular weight is 424 g/mol. The first-order chi connectivity index (χ1) is 14.4. The van der Waals surface area contributed by atoms with Gasteiger partial charge in [-0.3, -0.25) is 9.59 Å². The van der Waals surface area contributed by atoms with E-state index in [-0.39, 0.29) is 17.7 Å². The SMILES string of the molecule is COc1ccc(C(=O)NC(C(=O)Nc2nc(-c3ccccc3C)cs2)C(C)C)cc1. The van der Waals surface area contributed by atoms with Gasteiger partial charge in [0.05, 0.1) is 12.8 Å². The number of anilines is 1. The van der Waals surface area contributed by atoms with Gasteiger partial charge in [-0.25, -0.2) is 4.98 Å². The van der Waals surface area contributed by atoms with E-state index in [9.17, 15) is 9.59 Å². The number of thiazole rings is 1. The van der Waals surface area contributed by atoms with Crippen LogP contribution in [0.1, 0.15) is 29.8 Å². The Morgan fingerprint density at radius 1 is 1.07 bits per heavy atom. The Morgan fingerprint density at radius 2 is 1.77 bits per heavy atom. The first kappa shape index (κ1) is 21.5. The maximum atomic E-state index is 12.9. The zero-order chi connectivity index (χ0) is 21.7. The second-order valence-corrected chi connectivity index (χ2v) is 8.12. The molecule has 7 heteroatoms. The zero-order valence-electron chi connectivity index (χ0n) is 17.4. The molecule has 0 radical (unpaired) electrons. The van der Waals surface area contributed by atoms with Crippen LogP contribution in [-0.2, 0) is 4.79 Å². The van der Waals surface area contributed by atoms with E-state index < -0.39 is 6.04 Å². The third-order valence-corrected chi connectivity index (χ3v) is 5.50. The number of nitrogens with one attached hydrogen (secondary N) is 2. The summed E-state index contributed by atoms with van der Waals surface area (Å²) in [6, 6.07) is 14.0. The molecule has 2 amide bonds. The molecular weight excluding hydrogens is 398 g/mol. The molecule has 0 spiro atoms. The molecule has 0 aliphatic heterocycles. The Bertz CT molecular complexity index is 1030. The molecule has 30 heavy (non-hydrogen) atoms. The molecule has 2 N–H and O–H groups in total. The van der Waals surface area contributed by atoms with Crippen molar-refractivity contribution in [3.63, 3.8) is 0 Å². The fraction of sp³-hybridized carbons (Fsp3) is 0.261. The fourth-order valence-corrected chi connectivity index (χ4v) is 3.71. The lowest BCUT2D eigenvalue weighted by Gasteiger charge is -2.21. The van der Waals surface area contributed by atoms with Gasteiger partial charge in [0.1, 0.15) is 11.8 Å². The number of aryl methyl sites for hydroxylation is 1. The maximum Gasteiger partial charge on any atom is 0.251 e. The first-order valence-electron chi connectivity index (χ1n) is 9.66. The van der Waals surface area contributed by atoms with Crippen molar-refractivity contribution in [1.82, 2.24) is 10.3 Å². The fourth-order valence-electron chi connectivity index (χ4n) is 3.00. The van der Waals surface area contributed by atoms with Crippen LogP contribution in [0.2, 0.25) is 0 Å². The molecule has 3 aromatic rings. The van der Waals surface area contributed by atoms with Gasteiger partial charge in [-0.2, -0.15) is 0 Å². The number of rotatable bonds is 7. The Kier molecular flexibility index (Phi) is 6.84. The number of carbonyl (C=O) groups is 2. The number of benzene rings is 2. The van der Waals surface area contributed by atoms with Crippen LogP contribution < -0.4 is 15.4 Å². The molecule has 0 fully saturated rings. The molecule has 0 aliphatic rings. The second-order valence-electron chi connectivity index (χ2n) is 7.27. The summed E-state index contributed by atoms with van der Waals surface area (Å²) in [4.78, 5) is 30.0. The molecule has 1 atom stereocenters. The number of carbonyl (C=O) groups excluding carboxylic acids is 2. The average Bonchev–Trinajstić information content (AvgIpc) is 3.20. The van der Waals surface area contributed by atoms with Crippen LogP contribution in [0.5, 0.6) is 5.75 Å². The summed E-state index contributed by atoms with van der Waals surface area (Å²) in [5.41, 5.74) is 3.43. The molecule has 0 saturated heterocycles. The number of methoxy groups -OCH3 is 1. The predicted octanol–water partition coefficient (Wildman–Crippen LogP) is 4.52. The normalized spacial score (nSPS) is 11.8. The number of aromatic nitrogens is 1. The summed E-state index contributed by atoms with van der Waals surface area (Å²) in [5, 5.41) is 8.08. The quantitative estimate of drug-likeness (QED) is 0.585. The minimum absolute atomic E-state index is 0.0944. The van der Waals surface area contributed by atoms with Crippen molar-refractivity contribution in [1.29, 1.82) is 0 Å². The standard InChI is InChI=1S/C23H25N3O3S/c1-14(2)20(25-21(27)16-9-11-17(29-4)12-10-16)22(28)26-23-24-19(13-30-23)18-8-6-5-7-15(18)3/h5-14,20H,1-4H3,(H,25,27)(H,24,26,28). The molecule has 1 heterocycles. The molecule has 6 nitrogen and oxygen atoms in total. The van der Waals surface area contributed by atoms with Crippen molar-refractivity contribution in [2.24, 2.45) is 5.92 Å². The largest absolute Gasteiger partial charge is 0.497 e. The van der Waals surface area contributed by atoms with Gasteiger partial charge in [0.2, 0.25) is 5.91 Å². The topological polar surface area (TPSA) is 80.3 Å². The highest BCUT2D eigenvalue weighted by Crippen LogP contribution is 2.27. The van der Waals surface area contributed by atoms with E-state index in [1.54, 1.807) is 31.4 Å². The zero-order valence-corrected chi connectivity index (χ0v) is 18.2. The van der Waals surface area contributed by atoms with Gasteiger partial charge in [-0.15, -0.1) is 11.3 Å². The van der Waals surface area contributed by atoms with Gasteiger partial charge in [0, 0.05) is 16.5 Å². The van der Waals surface area contributed by atoms with Crippen LogP contribution in [0.15, 0.2) is 53.9 Å². The molecule has 1 aromatic heterocycles. The monoisotopic (exact) mass is 423 g/mol. The highest BCUT2D eigenvalue weighted by molar-refractivity contribution is 7.14. The molecule has 2 aromatic carbocycles. The van der Waals surface area contributed by atoms with Crippen LogP contribution in [0.3, 0.4) is 0 Å². The van der Waals surface area contributed by atoms with E-state index >= 15 is 0 Å². The third kappa shape index (κ3) is 5.04. The van der Waals surface area contributed by atoms with Crippen LogP contribution in [0.25, 0.3) is 11.3 Å². The van der Waals surface area contributed by atoms with E-state index in [0.717, 1.165) is 16.8 Å². The minimum Gasteiger partial charge on any atom is -0.497 e. The lowest BCUT2D eigenvalue weighted by molar-refractivity contribution is -0.118. The number of hydrogen-bond acceptors (Lipinski definition) is 5. The van der Waals surface area contributed by atoms with E-state index in [1.807, 2.05) is 50.4 Å². The number of ether oxygens (including phenoxy) is 1. The van der Waals surface area contributed by atoms with Crippen molar-refractivity contribution < 1.29 is 14.3 Å². The van der Waals surface area contributed by atoms with Gasteiger partial charge in [-0.1, -0.05) is 38.1 Å². The van der Waals surface area contributed by atoms with Crippen LogP contribution in [0.4, 0.5) is 5.13 Å². The van der Waals surface area contributed by atoms with Gasteiger partial charge in [0.15, 0.2) is 5.13 Å². The van der Waals surface area contributed by atoms with Crippen molar-refractivity contribution in [3.8, 4) is 17.0 Å². The van der Waals surface area contributed by atoms with E-state index in [2.05, 4.69) is 15.6 Å². The summed E-state index contributed by atoms with van der Waals surface area (Å²) in [6.07, 6.45) is 0. The lowest BCUT2D eigenvalue weighted by atomic mass is 10.0. The second kappa shape index (κ2) is 9.54. The van der Waals surface area contributed by atoms with E-state index in [0.29, 0.717) is 16.4 Å². The Hall–Kier alpha value is -3.19. The Labute approximate surface area is 180 Å². The van der Waals surface area contributed by atoms with Crippen molar-refractivity contribution in [2.45, 2.75) is 26.8 Å². The smallest absolute Gasteiger partial charge is 0.251 e. The first-order valence-corrected chi connectivity index (χ1v) is 10.5. The van der Waals surface area contributed by atoms with E-state index in [1.165, 1.54) is 11.3 Å². The molecule has 0 aliphatic carbocycles. The number of nitrogens with zero attached hydrogens (tertiary/aromatic N) is 1. The summed E-state index contributed by atoms with van der Waals surface area (Å²) in [7, 11) is 1.57. The summed E-state index contributed by atoms with van der Waals surface area (Å²) in [5.74, 6) is -0.0373. The highest BCUT2D eigenvalue weighted by Gasteiger charge is 2.25. The van der Waals surface area contributed by atoms with Crippen LogP contribution >= 0.6 is 11.3 Å². The number of amides is 2. The predicted molar refractivity (Wildman–Crippen MR) is 120 cm³/mol. The summed E-state index contributed by atoms with van der Waals surface area (Å²) < 4.78 is 5.11. The lowest BCUT2D eigenvalue weighted by Crippen LogP contribution is -2.47. The molecule has 0 saturated carbocycles. The van der Waals surface area contributed by atoms with Gasteiger partial charge in [0.25, 0.3) is 5.91 Å². The van der Waals surface area contributed by atoms with Gasteiger partial charge in [-0.05, 0) is 42.7 Å². The Morgan fingerprint density at radius 3 is 2.40 bits per heavy atom. The summed E-state index contributed by atoms with van der Waals surface area (Å²) in [6.45, 7) is 5.80. The Balaban J connectivity index is 1.70. The van der Waals surface area contributed by atoms with Gasteiger partial charge >= 0.3 is 0 Å². The number of hydrogen-bond donors (Lipinski definition) is 2. The minimum atomic E-state index is -0.689. The van der Waals surface area contributed by atoms with Crippen molar-refractivity contribution in [3.05, 3.63) is 65.0 Å². The molecule has 3 rings (SSSR count). The van der Waals surface area contributed by atoms with E-state index in [4.69, 9.17) is 4.74 Å².